The van der Waals surface area contributed by atoms with Crippen molar-refractivity contribution in [2.75, 3.05) is 10.8 Å². The maximum absolute atomic E-state index is 13.8. The van der Waals surface area contributed by atoms with E-state index in [0.717, 1.165) is 15.4 Å². The number of sulfonamides is 1. The first-order chi connectivity index (χ1) is 17.9. The van der Waals surface area contributed by atoms with Crippen molar-refractivity contribution >= 4 is 27.5 Å². The Hall–Kier alpha value is -3.72. The van der Waals surface area contributed by atoms with Gasteiger partial charge in [0.2, 0.25) is 11.8 Å². The molecule has 2 amide bonds. The minimum atomic E-state index is -4.12. The standard InChI is InChI=1S/C29H34FN3O4S/c1-20(2)31-29(35)23(5)32(18-24-10-12-25(30)13-11-24)28(34)19-33(26-14-6-21(3)7-15-26)38(36,37)27-16-8-22(4)9-17-27/h6-17,20,23H,18-19H2,1-5H3,(H,31,35)/t23-/m1/s1. The SMILES string of the molecule is Cc1ccc(N(CC(=O)N(Cc2ccc(F)cc2)[C@H](C)C(=O)NC(C)C)S(=O)(=O)c2ccc(C)cc2)cc1. The first-order valence-corrected chi connectivity index (χ1v) is 13.8. The summed E-state index contributed by atoms with van der Waals surface area (Å²) in [5.74, 6) is -1.37. The minimum Gasteiger partial charge on any atom is -0.352 e. The van der Waals surface area contributed by atoms with Crippen LogP contribution in [0.5, 0.6) is 0 Å². The second-order valence-corrected chi connectivity index (χ2v) is 11.5. The van der Waals surface area contributed by atoms with Crippen LogP contribution in [0.4, 0.5) is 10.1 Å². The van der Waals surface area contributed by atoms with E-state index in [1.165, 1.54) is 41.3 Å². The van der Waals surface area contributed by atoms with Crippen molar-refractivity contribution < 1.29 is 22.4 Å². The predicted molar refractivity (Wildman–Crippen MR) is 147 cm³/mol. The van der Waals surface area contributed by atoms with Gasteiger partial charge in [0, 0.05) is 12.6 Å². The number of carbonyl (C=O) groups is 2. The summed E-state index contributed by atoms with van der Waals surface area (Å²) in [5.41, 5.74) is 2.76. The van der Waals surface area contributed by atoms with Crippen molar-refractivity contribution in [1.82, 2.24) is 10.2 Å². The fourth-order valence-electron chi connectivity index (χ4n) is 3.85. The maximum Gasteiger partial charge on any atom is 0.264 e. The Balaban J connectivity index is 2.02. The molecule has 0 fully saturated rings. The summed E-state index contributed by atoms with van der Waals surface area (Å²) >= 11 is 0. The first kappa shape index (κ1) is 28.8. The molecule has 0 saturated heterocycles. The number of carbonyl (C=O) groups excluding carboxylic acids is 2. The van der Waals surface area contributed by atoms with Crippen molar-refractivity contribution in [1.29, 1.82) is 0 Å². The van der Waals surface area contributed by atoms with Crippen LogP contribution in [0.15, 0.2) is 77.7 Å². The van der Waals surface area contributed by atoms with Crippen molar-refractivity contribution in [3.63, 3.8) is 0 Å². The van der Waals surface area contributed by atoms with E-state index >= 15 is 0 Å². The fourth-order valence-corrected chi connectivity index (χ4v) is 5.27. The van der Waals surface area contributed by atoms with E-state index in [2.05, 4.69) is 5.32 Å². The van der Waals surface area contributed by atoms with Gasteiger partial charge in [0.25, 0.3) is 10.0 Å². The molecule has 7 nitrogen and oxygen atoms in total. The molecule has 9 heteroatoms. The Morgan fingerprint density at radius 3 is 1.89 bits per heavy atom. The van der Waals surface area contributed by atoms with Crippen molar-refractivity contribution in [2.24, 2.45) is 0 Å². The summed E-state index contributed by atoms with van der Waals surface area (Å²) < 4.78 is 42.1. The van der Waals surface area contributed by atoms with Gasteiger partial charge in [-0.15, -0.1) is 0 Å². The van der Waals surface area contributed by atoms with E-state index in [4.69, 9.17) is 0 Å². The summed E-state index contributed by atoms with van der Waals surface area (Å²) in [7, 11) is -4.12. The van der Waals surface area contributed by atoms with E-state index < -0.39 is 34.3 Å². The monoisotopic (exact) mass is 539 g/mol. The van der Waals surface area contributed by atoms with E-state index in [9.17, 15) is 22.4 Å². The summed E-state index contributed by atoms with van der Waals surface area (Å²) in [6.45, 7) is 8.41. The van der Waals surface area contributed by atoms with Gasteiger partial charge in [-0.1, -0.05) is 47.5 Å². The van der Waals surface area contributed by atoms with Crippen LogP contribution in [-0.4, -0.2) is 43.8 Å². The zero-order valence-electron chi connectivity index (χ0n) is 22.3. The Labute approximate surface area is 224 Å². The Kier molecular flexibility index (Phi) is 9.27. The summed E-state index contributed by atoms with van der Waals surface area (Å²) in [6, 6.07) is 17.8. The fraction of sp³-hybridized carbons (Fsp3) is 0.310. The van der Waals surface area contributed by atoms with E-state index in [-0.39, 0.29) is 23.4 Å². The van der Waals surface area contributed by atoms with Gasteiger partial charge in [-0.25, -0.2) is 12.8 Å². The molecule has 3 rings (SSSR count). The van der Waals surface area contributed by atoms with Crippen LogP contribution in [0, 0.1) is 19.7 Å². The van der Waals surface area contributed by atoms with Crippen LogP contribution in [-0.2, 0) is 26.2 Å². The smallest absolute Gasteiger partial charge is 0.264 e. The number of anilines is 1. The Morgan fingerprint density at radius 2 is 1.37 bits per heavy atom. The molecule has 0 heterocycles. The van der Waals surface area contributed by atoms with Crippen LogP contribution in [0.2, 0.25) is 0 Å². The van der Waals surface area contributed by atoms with Crippen molar-refractivity contribution in [3.8, 4) is 0 Å². The lowest BCUT2D eigenvalue weighted by Crippen LogP contribution is -2.52. The highest BCUT2D eigenvalue weighted by atomic mass is 32.2. The van der Waals surface area contributed by atoms with Gasteiger partial charge in [-0.3, -0.25) is 13.9 Å². The van der Waals surface area contributed by atoms with Crippen LogP contribution < -0.4 is 9.62 Å². The number of hydrogen-bond donors (Lipinski definition) is 1. The molecule has 0 spiro atoms. The lowest BCUT2D eigenvalue weighted by Gasteiger charge is -2.32. The number of halogens is 1. The molecule has 38 heavy (non-hydrogen) atoms. The first-order valence-electron chi connectivity index (χ1n) is 12.4. The van der Waals surface area contributed by atoms with Crippen molar-refractivity contribution in [2.45, 2.75) is 58.1 Å². The van der Waals surface area contributed by atoms with Crippen LogP contribution in [0.1, 0.15) is 37.5 Å². The quantitative estimate of drug-likeness (QED) is 0.409. The molecule has 1 N–H and O–H groups in total. The highest BCUT2D eigenvalue weighted by Gasteiger charge is 2.32. The normalized spacial score (nSPS) is 12.2. The molecule has 0 saturated carbocycles. The molecule has 1 atom stereocenters. The molecule has 0 aliphatic rings. The second kappa shape index (κ2) is 12.2. The molecule has 0 bridgehead atoms. The summed E-state index contributed by atoms with van der Waals surface area (Å²) in [5, 5.41) is 2.80. The van der Waals surface area contributed by atoms with Crippen LogP contribution in [0.3, 0.4) is 0 Å². The molecule has 0 aliphatic carbocycles. The molecule has 202 valence electrons. The van der Waals surface area contributed by atoms with Gasteiger partial charge in [-0.05, 0) is 76.6 Å². The molecular formula is C29H34FN3O4S. The van der Waals surface area contributed by atoms with E-state index in [1.807, 2.05) is 27.7 Å². The van der Waals surface area contributed by atoms with Crippen molar-refractivity contribution in [3.05, 3.63) is 95.3 Å². The lowest BCUT2D eigenvalue weighted by atomic mass is 10.1. The number of aryl methyl sites for hydroxylation is 2. The van der Waals surface area contributed by atoms with E-state index in [1.54, 1.807) is 43.3 Å². The number of amides is 2. The molecular weight excluding hydrogens is 505 g/mol. The van der Waals surface area contributed by atoms with Gasteiger partial charge < -0.3 is 10.2 Å². The molecule has 0 radical (unpaired) electrons. The minimum absolute atomic E-state index is 0.00187. The number of hydrogen-bond acceptors (Lipinski definition) is 4. The molecule has 3 aromatic rings. The third-order valence-electron chi connectivity index (χ3n) is 6.07. The van der Waals surface area contributed by atoms with Gasteiger partial charge in [0.05, 0.1) is 10.6 Å². The molecule has 0 aliphatic heterocycles. The number of benzene rings is 3. The van der Waals surface area contributed by atoms with Crippen LogP contribution >= 0.6 is 0 Å². The summed E-state index contributed by atoms with van der Waals surface area (Å²) in [6.07, 6.45) is 0. The largest absolute Gasteiger partial charge is 0.352 e. The maximum atomic E-state index is 13.8. The Morgan fingerprint density at radius 1 is 0.842 bits per heavy atom. The molecule has 0 unspecified atom stereocenters. The zero-order chi connectivity index (χ0) is 28.0. The van der Waals surface area contributed by atoms with Crippen LogP contribution in [0.25, 0.3) is 0 Å². The zero-order valence-corrected chi connectivity index (χ0v) is 23.1. The third-order valence-corrected chi connectivity index (χ3v) is 7.86. The number of nitrogens with zero attached hydrogens (tertiary/aromatic N) is 2. The second-order valence-electron chi connectivity index (χ2n) is 9.65. The molecule has 3 aromatic carbocycles. The highest BCUT2D eigenvalue weighted by molar-refractivity contribution is 7.92. The van der Waals surface area contributed by atoms with Gasteiger partial charge >= 0.3 is 0 Å². The average molecular weight is 540 g/mol. The summed E-state index contributed by atoms with van der Waals surface area (Å²) in [4.78, 5) is 28.0. The lowest BCUT2D eigenvalue weighted by molar-refractivity contribution is -0.139. The topological polar surface area (TPSA) is 86.8 Å². The number of nitrogens with one attached hydrogen (secondary N) is 1. The van der Waals surface area contributed by atoms with Gasteiger partial charge in [-0.2, -0.15) is 0 Å². The third kappa shape index (κ3) is 7.19. The highest BCUT2D eigenvalue weighted by Crippen LogP contribution is 2.25. The van der Waals surface area contributed by atoms with Gasteiger partial charge in [0.1, 0.15) is 18.4 Å². The molecule has 0 aromatic heterocycles. The predicted octanol–water partition coefficient (Wildman–Crippen LogP) is 4.58. The van der Waals surface area contributed by atoms with E-state index in [0.29, 0.717) is 11.3 Å². The van der Waals surface area contributed by atoms with Gasteiger partial charge in [0.15, 0.2) is 0 Å². The number of rotatable bonds is 10. The average Bonchev–Trinajstić information content (AvgIpc) is 2.87. The Bertz CT molecular complexity index is 1360.